The van der Waals surface area contributed by atoms with Gasteiger partial charge in [0.2, 0.25) is 0 Å². The summed E-state index contributed by atoms with van der Waals surface area (Å²) in [6, 6.07) is 0. The van der Waals surface area contributed by atoms with Gasteiger partial charge in [-0.2, -0.15) is 0 Å². The molecule has 8 heteroatoms. The first-order valence-corrected chi connectivity index (χ1v) is 8.09. The summed E-state index contributed by atoms with van der Waals surface area (Å²) >= 11 is 0. The van der Waals surface area contributed by atoms with Crippen molar-refractivity contribution in [3.05, 3.63) is 29.8 Å². The highest BCUT2D eigenvalue weighted by molar-refractivity contribution is 7.74. The van der Waals surface area contributed by atoms with Gasteiger partial charge >= 0.3 is 19.0 Å². The van der Waals surface area contributed by atoms with Gasteiger partial charge in [-0.15, -0.1) is 4.79 Å². The second kappa shape index (κ2) is 8.20. The molecule has 0 aromatic heterocycles. The Kier molecular flexibility index (Phi) is 7.64. The van der Waals surface area contributed by atoms with Crippen molar-refractivity contribution in [2.75, 3.05) is 13.2 Å². The van der Waals surface area contributed by atoms with Crippen LogP contribution in [0.15, 0.2) is 24.3 Å². The van der Waals surface area contributed by atoms with Crippen molar-refractivity contribution in [2.24, 2.45) is 0 Å². The summed E-state index contributed by atoms with van der Waals surface area (Å²) in [5.74, 6) is -1.08. The third-order valence-corrected chi connectivity index (χ3v) is 3.63. The Morgan fingerprint density at radius 1 is 1.14 bits per heavy atom. The van der Waals surface area contributed by atoms with Gasteiger partial charge in [0.25, 0.3) is 0 Å². The van der Waals surface area contributed by atoms with Crippen LogP contribution in [0.2, 0.25) is 0 Å². The maximum Gasteiger partial charge on any atom is 0.484 e. The Labute approximate surface area is 131 Å². The van der Waals surface area contributed by atoms with Crippen LogP contribution in [0.3, 0.4) is 0 Å². The highest BCUT2D eigenvalue weighted by atomic mass is 31.2. The van der Waals surface area contributed by atoms with E-state index in [9.17, 15) is 9.36 Å². The molecule has 22 heavy (non-hydrogen) atoms. The van der Waals surface area contributed by atoms with Gasteiger partial charge in [-0.05, 0) is 34.6 Å². The number of hydrogen-bond donors (Lipinski definition) is 0. The number of esters is 1. The molecule has 0 spiro atoms. The van der Waals surface area contributed by atoms with Crippen molar-refractivity contribution in [3.8, 4) is 0 Å². The van der Waals surface area contributed by atoms with Gasteiger partial charge in [-0.25, -0.2) is 9.36 Å². The lowest BCUT2D eigenvalue weighted by atomic mass is 10.2. The maximum absolute atomic E-state index is 12.8. The van der Waals surface area contributed by atoms with E-state index in [1.807, 2.05) is 0 Å². The predicted molar refractivity (Wildman–Crippen MR) is 83.6 cm³/mol. The zero-order valence-corrected chi connectivity index (χ0v) is 14.6. The van der Waals surface area contributed by atoms with Crippen LogP contribution in [0.5, 0.6) is 0 Å². The number of ether oxygens (including phenoxy) is 1. The Morgan fingerprint density at radius 2 is 1.55 bits per heavy atom. The fourth-order valence-electron chi connectivity index (χ4n) is 1.08. The first-order chi connectivity index (χ1) is 9.91. The molecular formula is C14H23N2O5P. The fourth-order valence-corrected chi connectivity index (χ4v) is 2.56. The highest BCUT2D eigenvalue weighted by Gasteiger charge is 2.48. The number of carbonyl (C=O) groups excluding carboxylic acids is 1. The molecule has 0 aromatic rings. The lowest BCUT2D eigenvalue weighted by Gasteiger charge is -2.20. The Bertz CT molecular complexity index is 534. The van der Waals surface area contributed by atoms with Crippen molar-refractivity contribution in [2.45, 2.75) is 40.2 Å². The molecule has 0 heterocycles. The van der Waals surface area contributed by atoms with E-state index in [-0.39, 0.29) is 13.2 Å². The van der Waals surface area contributed by atoms with E-state index in [4.69, 9.17) is 19.3 Å². The fraction of sp³-hybridized carbons (Fsp3) is 0.571. The Balaban J connectivity index is 5.47. The molecule has 0 bridgehead atoms. The van der Waals surface area contributed by atoms with Crippen molar-refractivity contribution in [3.63, 3.8) is 0 Å². The largest absolute Gasteiger partial charge is 0.484 e. The molecule has 0 unspecified atom stereocenters. The highest BCUT2D eigenvalue weighted by Crippen LogP contribution is 2.50. The SMILES string of the molecule is C=C(C)COP(=O)(OCC(=C)C)C(=[N+]=[N-])C(=O)OC(C)(C)C. The molecule has 0 aliphatic rings. The normalized spacial score (nSPS) is 11.5. The van der Waals surface area contributed by atoms with Crippen LogP contribution >= 0.6 is 7.60 Å². The monoisotopic (exact) mass is 330 g/mol. The average Bonchev–Trinajstić information content (AvgIpc) is 2.32. The molecule has 7 nitrogen and oxygen atoms in total. The van der Waals surface area contributed by atoms with Crippen molar-refractivity contribution in [1.29, 1.82) is 0 Å². The quantitative estimate of drug-likeness (QED) is 0.170. The van der Waals surface area contributed by atoms with Gasteiger partial charge in [-0.3, -0.25) is 9.05 Å². The van der Waals surface area contributed by atoms with Crippen LogP contribution in [-0.4, -0.2) is 35.0 Å². The molecule has 0 aliphatic heterocycles. The van der Waals surface area contributed by atoms with E-state index in [0.29, 0.717) is 11.1 Å². The first kappa shape index (κ1) is 20.5. The number of hydrogen-bond acceptors (Lipinski definition) is 5. The third-order valence-electron chi connectivity index (χ3n) is 1.90. The standard InChI is InChI=1S/C14H23N2O5P/c1-10(2)8-19-22(18,20-9-11(3)4)12(16-15)13(17)21-14(5,6)7/h1,3,8-9H2,2,4-7H3. The van der Waals surface area contributed by atoms with E-state index < -0.39 is 24.6 Å². The summed E-state index contributed by atoms with van der Waals surface area (Å²) in [6.07, 6.45) is 0. The molecular weight excluding hydrogens is 307 g/mol. The molecule has 124 valence electrons. The molecule has 0 aromatic carbocycles. The zero-order chi connectivity index (χ0) is 17.6. The van der Waals surface area contributed by atoms with E-state index in [1.165, 1.54) is 0 Å². The zero-order valence-electron chi connectivity index (χ0n) is 13.7. The van der Waals surface area contributed by atoms with Crippen molar-refractivity contribution >= 4 is 19.0 Å². The number of nitrogens with zero attached hydrogens (tertiary/aromatic N) is 2. The topological polar surface area (TPSA) is 98.2 Å². The van der Waals surface area contributed by atoms with E-state index in [1.54, 1.807) is 34.6 Å². The molecule has 0 atom stereocenters. The predicted octanol–water partition coefficient (Wildman–Crippen LogP) is 3.33. The molecule has 0 amide bonds. The molecule has 0 rings (SSSR count). The Hall–Kier alpha value is -1.52. The van der Waals surface area contributed by atoms with Crippen LogP contribution in [0.25, 0.3) is 5.53 Å². The summed E-state index contributed by atoms with van der Waals surface area (Å²) in [4.78, 5) is 14.8. The smallest absolute Gasteiger partial charge is 0.451 e. The van der Waals surface area contributed by atoms with Crippen molar-refractivity contribution < 1.29 is 27.9 Å². The summed E-state index contributed by atoms with van der Waals surface area (Å²) in [6.45, 7) is 15.1. The lowest BCUT2D eigenvalue weighted by Crippen LogP contribution is -2.30. The Morgan fingerprint density at radius 3 is 1.82 bits per heavy atom. The van der Waals surface area contributed by atoms with Gasteiger partial charge in [0.1, 0.15) is 5.60 Å². The first-order valence-electron chi connectivity index (χ1n) is 6.55. The molecule has 0 saturated heterocycles. The second-order valence-corrected chi connectivity index (χ2v) is 7.82. The third kappa shape index (κ3) is 7.48. The molecule has 0 fully saturated rings. The van der Waals surface area contributed by atoms with E-state index >= 15 is 0 Å². The molecule has 0 saturated carbocycles. The van der Waals surface area contributed by atoms with Crippen LogP contribution in [0.4, 0.5) is 0 Å². The number of carbonyl (C=O) groups is 1. The van der Waals surface area contributed by atoms with Crippen LogP contribution in [0, 0.1) is 0 Å². The van der Waals surface area contributed by atoms with Gasteiger partial charge in [0.05, 0.1) is 13.2 Å². The van der Waals surface area contributed by atoms with Gasteiger partial charge in [0.15, 0.2) is 0 Å². The van der Waals surface area contributed by atoms with Gasteiger partial charge < -0.3 is 10.3 Å². The molecule has 0 radical (unpaired) electrons. The summed E-state index contributed by atoms with van der Waals surface area (Å²) < 4.78 is 28.1. The van der Waals surface area contributed by atoms with E-state index in [0.717, 1.165) is 0 Å². The van der Waals surface area contributed by atoms with Gasteiger partial charge in [0, 0.05) is 0 Å². The van der Waals surface area contributed by atoms with Crippen LogP contribution in [-0.2, 0) is 23.1 Å². The number of rotatable bonds is 8. The molecule has 0 N–H and O–H groups in total. The lowest BCUT2D eigenvalue weighted by molar-refractivity contribution is -0.150. The van der Waals surface area contributed by atoms with Crippen molar-refractivity contribution in [1.82, 2.24) is 0 Å². The maximum atomic E-state index is 12.8. The summed E-state index contributed by atoms with van der Waals surface area (Å²) in [7, 11) is -4.18. The van der Waals surface area contributed by atoms with Crippen LogP contribution < -0.4 is 0 Å². The summed E-state index contributed by atoms with van der Waals surface area (Å²) in [5, 5.41) is 0. The van der Waals surface area contributed by atoms with Crippen LogP contribution in [0.1, 0.15) is 34.6 Å². The molecule has 0 aliphatic carbocycles. The van der Waals surface area contributed by atoms with E-state index in [2.05, 4.69) is 17.9 Å². The minimum Gasteiger partial charge on any atom is -0.451 e. The minimum atomic E-state index is -4.18. The average molecular weight is 330 g/mol. The minimum absolute atomic E-state index is 0.130. The summed E-state index contributed by atoms with van der Waals surface area (Å²) in [5.41, 5.74) is 8.51. The second-order valence-electron chi connectivity index (χ2n) is 5.88. The van der Waals surface area contributed by atoms with Gasteiger partial charge in [-0.1, -0.05) is 24.3 Å².